The van der Waals surface area contributed by atoms with Gasteiger partial charge < -0.3 is 20.1 Å². The number of halogens is 6. The standard InChI is InChI=1S/C25H27F6N3O2/c26-7-1-8-32-9-11-36-20-5-4-18(28)21(22(20)29)24-23-17(6-10-34(24)13-25(30,31)14-35)16-3-2-15(27)12-19(16)33-23/h2-5,12,24,32-33,35H,1,6-11,13-14H2. The predicted molar refractivity (Wildman–Crippen MR) is 123 cm³/mol. The highest BCUT2D eigenvalue weighted by molar-refractivity contribution is 5.85. The molecule has 4 rings (SSSR count). The molecular weight excluding hydrogens is 488 g/mol. The fourth-order valence-corrected chi connectivity index (χ4v) is 4.62. The number of nitrogens with one attached hydrogen (secondary N) is 2. The Labute approximate surface area is 204 Å². The first-order valence-electron chi connectivity index (χ1n) is 11.7. The lowest BCUT2D eigenvalue weighted by atomic mass is 9.91. The summed E-state index contributed by atoms with van der Waals surface area (Å²) < 4.78 is 90.8. The van der Waals surface area contributed by atoms with Crippen molar-refractivity contribution in [3.63, 3.8) is 0 Å². The normalized spacial score (nSPS) is 16.5. The second-order valence-electron chi connectivity index (χ2n) is 8.76. The topological polar surface area (TPSA) is 60.5 Å². The van der Waals surface area contributed by atoms with Crippen molar-refractivity contribution in [1.29, 1.82) is 0 Å². The van der Waals surface area contributed by atoms with Crippen LogP contribution < -0.4 is 10.1 Å². The number of rotatable bonds is 11. The Morgan fingerprint density at radius 3 is 2.69 bits per heavy atom. The lowest BCUT2D eigenvalue weighted by molar-refractivity contribution is -0.0792. The molecule has 1 atom stereocenters. The number of nitrogens with zero attached hydrogens (tertiary/aromatic N) is 1. The van der Waals surface area contributed by atoms with Crippen molar-refractivity contribution in [3.05, 3.63) is 64.6 Å². The van der Waals surface area contributed by atoms with Gasteiger partial charge in [0.05, 0.1) is 24.8 Å². The van der Waals surface area contributed by atoms with Gasteiger partial charge in [-0.1, -0.05) is 0 Å². The van der Waals surface area contributed by atoms with Gasteiger partial charge in [-0.3, -0.25) is 9.29 Å². The Morgan fingerprint density at radius 2 is 1.94 bits per heavy atom. The molecule has 36 heavy (non-hydrogen) atoms. The van der Waals surface area contributed by atoms with Crippen LogP contribution in [0.5, 0.6) is 5.75 Å². The van der Waals surface area contributed by atoms with E-state index in [9.17, 15) is 17.6 Å². The Kier molecular flexibility index (Phi) is 8.11. The number of hydrogen-bond acceptors (Lipinski definition) is 4. The number of aromatic amines is 1. The third kappa shape index (κ3) is 5.47. The first kappa shape index (κ1) is 26.3. The van der Waals surface area contributed by atoms with Crippen LogP contribution in [0.1, 0.15) is 29.3 Å². The molecule has 0 saturated carbocycles. The molecular formula is C25H27F6N3O2. The van der Waals surface area contributed by atoms with Gasteiger partial charge in [0.15, 0.2) is 11.6 Å². The zero-order valence-electron chi connectivity index (χ0n) is 19.4. The van der Waals surface area contributed by atoms with Crippen LogP contribution in [0.25, 0.3) is 10.9 Å². The zero-order chi connectivity index (χ0) is 25.9. The molecule has 0 bridgehead atoms. The number of hydrogen-bond donors (Lipinski definition) is 3. The molecule has 0 amide bonds. The van der Waals surface area contributed by atoms with E-state index in [-0.39, 0.29) is 31.0 Å². The summed E-state index contributed by atoms with van der Waals surface area (Å²) in [5.74, 6) is -6.30. The van der Waals surface area contributed by atoms with Gasteiger partial charge in [-0.2, -0.15) is 0 Å². The van der Waals surface area contributed by atoms with Gasteiger partial charge in [0.25, 0.3) is 5.92 Å². The highest BCUT2D eigenvalue weighted by Gasteiger charge is 2.41. The summed E-state index contributed by atoms with van der Waals surface area (Å²) in [6.07, 6.45) is 0.602. The van der Waals surface area contributed by atoms with Crippen molar-refractivity contribution < 1.29 is 36.2 Å². The second kappa shape index (κ2) is 11.1. The smallest absolute Gasteiger partial charge is 0.283 e. The first-order chi connectivity index (χ1) is 17.3. The van der Waals surface area contributed by atoms with E-state index in [4.69, 9.17) is 9.84 Å². The summed E-state index contributed by atoms with van der Waals surface area (Å²) in [5.41, 5.74) is 0.826. The first-order valence-corrected chi connectivity index (χ1v) is 11.7. The fraction of sp³-hybridized carbons (Fsp3) is 0.440. The van der Waals surface area contributed by atoms with E-state index < -0.39 is 54.8 Å². The average molecular weight is 515 g/mol. The molecule has 11 heteroatoms. The molecule has 2 heterocycles. The van der Waals surface area contributed by atoms with E-state index in [1.807, 2.05) is 0 Å². The van der Waals surface area contributed by atoms with Gasteiger partial charge >= 0.3 is 0 Å². The minimum absolute atomic E-state index is 0.0160. The van der Waals surface area contributed by atoms with Crippen molar-refractivity contribution in [3.8, 4) is 5.75 Å². The number of ether oxygens (including phenoxy) is 1. The molecule has 0 saturated heterocycles. The predicted octanol–water partition coefficient (Wildman–Crippen LogP) is 4.49. The maximum absolute atomic E-state index is 15.7. The molecule has 1 unspecified atom stereocenters. The maximum atomic E-state index is 15.7. The van der Waals surface area contributed by atoms with Gasteiger partial charge in [-0.05, 0) is 55.3 Å². The highest BCUT2D eigenvalue weighted by Crippen LogP contribution is 2.42. The summed E-state index contributed by atoms with van der Waals surface area (Å²) in [5, 5.41) is 12.7. The van der Waals surface area contributed by atoms with Crippen molar-refractivity contribution >= 4 is 10.9 Å². The fourth-order valence-electron chi connectivity index (χ4n) is 4.62. The minimum atomic E-state index is -3.51. The molecule has 0 radical (unpaired) electrons. The Balaban J connectivity index is 1.73. The number of alkyl halides is 3. The number of benzene rings is 2. The molecule has 0 aliphatic carbocycles. The molecule has 5 nitrogen and oxygen atoms in total. The van der Waals surface area contributed by atoms with E-state index in [1.54, 1.807) is 0 Å². The third-order valence-electron chi connectivity index (χ3n) is 6.24. The molecule has 196 valence electrons. The van der Waals surface area contributed by atoms with Crippen LogP contribution in [-0.2, 0) is 6.42 Å². The SMILES string of the molecule is OCC(F)(F)CN1CCc2c([nH]c3cc(F)ccc23)C1c1c(F)ccc(OCCNCCCF)c1F. The number of H-pyrrole nitrogens is 1. The molecule has 1 aliphatic heterocycles. The zero-order valence-corrected chi connectivity index (χ0v) is 19.4. The van der Waals surface area contributed by atoms with Gasteiger partial charge in [0.1, 0.15) is 24.8 Å². The summed E-state index contributed by atoms with van der Waals surface area (Å²) >= 11 is 0. The Morgan fingerprint density at radius 1 is 1.14 bits per heavy atom. The van der Waals surface area contributed by atoms with Gasteiger partial charge in [-0.15, -0.1) is 0 Å². The molecule has 3 N–H and O–H groups in total. The van der Waals surface area contributed by atoms with E-state index >= 15 is 8.78 Å². The van der Waals surface area contributed by atoms with Crippen LogP contribution in [0.15, 0.2) is 30.3 Å². The van der Waals surface area contributed by atoms with Crippen molar-refractivity contribution in [2.75, 3.05) is 46.1 Å². The van der Waals surface area contributed by atoms with Crippen molar-refractivity contribution in [2.45, 2.75) is 24.8 Å². The van der Waals surface area contributed by atoms with Gasteiger partial charge in [0, 0.05) is 29.7 Å². The number of aliphatic hydroxyl groups is 1. The van der Waals surface area contributed by atoms with E-state index in [0.29, 0.717) is 36.0 Å². The average Bonchev–Trinajstić information content (AvgIpc) is 3.21. The van der Waals surface area contributed by atoms with E-state index in [1.165, 1.54) is 23.1 Å². The van der Waals surface area contributed by atoms with Crippen LogP contribution >= 0.6 is 0 Å². The van der Waals surface area contributed by atoms with Crippen LogP contribution in [0.4, 0.5) is 26.3 Å². The third-order valence-corrected chi connectivity index (χ3v) is 6.24. The van der Waals surface area contributed by atoms with Crippen molar-refractivity contribution in [1.82, 2.24) is 15.2 Å². The monoisotopic (exact) mass is 515 g/mol. The number of aliphatic hydroxyl groups excluding tert-OH is 1. The lowest BCUT2D eigenvalue weighted by Gasteiger charge is -2.38. The van der Waals surface area contributed by atoms with Gasteiger partial charge in [0.2, 0.25) is 0 Å². The van der Waals surface area contributed by atoms with Crippen molar-refractivity contribution in [2.24, 2.45) is 0 Å². The van der Waals surface area contributed by atoms with Crippen LogP contribution in [0.2, 0.25) is 0 Å². The molecule has 1 aromatic heterocycles. The number of aromatic nitrogens is 1. The maximum Gasteiger partial charge on any atom is 0.283 e. The lowest BCUT2D eigenvalue weighted by Crippen LogP contribution is -2.45. The highest BCUT2D eigenvalue weighted by atomic mass is 19.3. The molecule has 2 aromatic carbocycles. The summed E-state index contributed by atoms with van der Waals surface area (Å²) in [7, 11) is 0. The van der Waals surface area contributed by atoms with Crippen LogP contribution in [0, 0.1) is 17.5 Å². The molecule has 0 fully saturated rings. The quantitative estimate of drug-likeness (QED) is 0.260. The van der Waals surface area contributed by atoms with E-state index in [0.717, 1.165) is 12.1 Å². The Hall–Kier alpha value is -2.76. The Bertz CT molecular complexity index is 1200. The molecule has 3 aromatic rings. The van der Waals surface area contributed by atoms with E-state index in [2.05, 4.69) is 10.3 Å². The van der Waals surface area contributed by atoms with Crippen LogP contribution in [-0.4, -0.2) is 67.0 Å². The minimum Gasteiger partial charge on any atom is -0.489 e. The molecule has 1 aliphatic rings. The second-order valence-corrected chi connectivity index (χ2v) is 8.76. The van der Waals surface area contributed by atoms with Gasteiger partial charge in [-0.25, -0.2) is 22.0 Å². The summed E-state index contributed by atoms with van der Waals surface area (Å²) in [6.45, 7) is -2.09. The summed E-state index contributed by atoms with van der Waals surface area (Å²) in [4.78, 5) is 4.18. The summed E-state index contributed by atoms with van der Waals surface area (Å²) in [6, 6.07) is 4.86. The largest absolute Gasteiger partial charge is 0.489 e. The van der Waals surface area contributed by atoms with Crippen LogP contribution in [0.3, 0.4) is 0 Å². The number of fused-ring (bicyclic) bond motifs is 3. The molecule has 0 spiro atoms.